The normalized spacial score (nSPS) is 11.0. The zero-order valence-corrected chi connectivity index (χ0v) is 13.7. The van der Waals surface area contributed by atoms with Crippen molar-refractivity contribution in [2.24, 2.45) is 0 Å². The van der Waals surface area contributed by atoms with Gasteiger partial charge in [-0.15, -0.1) is 0 Å². The van der Waals surface area contributed by atoms with E-state index in [1.165, 1.54) is 13.0 Å². The first-order valence-electron chi connectivity index (χ1n) is 6.61. The van der Waals surface area contributed by atoms with E-state index in [0.29, 0.717) is 17.0 Å². The lowest BCUT2D eigenvalue weighted by Gasteiger charge is -2.07. The Balaban J connectivity index is 2.05. The summed E-state index contributed by atoms with van der Waals surface area (Å²) in [5, 5.41) is 13.2. The third-order valence-corrected chi connectivity index (χ3v) is 3.35. The van der Waals surface area contributed by atoms with E-state index in [-0.39, 0.29) is 5.70 Å². The van der Waals surface area contributed by atoms with Gasteiger partial charge in [0.05, 0.1) is 4.92 Å². The third-order valence-electron chi connectivity index (χ3n) is 2.82. The molecule has 2 rings (SSSR count). The number of benzene rings is 2. The standard InChI is InChI=1S/C16H13BrN2O4/c1-11(19(21)22)9-12-3-2-4-15(10-12)23-16(20)18-14-7-5-13(17)6-8-14/h2-10H,1H3,(H,18,20). The van der Waals surface area contributed by atoms with E-state index < -0.39 is 11.0 Å². The van der Waals surface area contributed by atoms with Crippen LogP contribution in [0.2, 0.25) is 0 Å². The van der Waals surface area contributed by atoms with Crippen molar-refractivity contribution in [1.82, 2.24) is 0 Å². The maximum absolute atomic E-state index is 11.8. The van der Waals surface area contributed by atoms with Crippen LogP contribution in [0.25, 0.3) is 6.08 Å². The molecule has 2 aromatic carbocycles. The van der Waals surface area contributed by atoms with Crippen molar-refractivity contribution in [1.29, 1.82) is 0 Å². The molecule has 7 heteroatoms. The molecule has 0 fully saturated rings. The first-order valence-corrected chi connectivity index (χ1v) is 7.40. The van der Waals surface area contributed by atoms with Crippen LogP contribution in [0, 0.1) is 10.1 Å². The van der Waals surface area contributed by atoms with Crippen LogP contribution in [0.5, 0.6) is 5.75 Å². The number of halogens is 1. The molecule has 0 heterocycles. The molecule has 0 aliphatic rings. The van der Waals surface area contributed by atoms with Gasteiger partial charge in [0.25, 0.3) is 0 Å². The zero-order chi connectivity index (χ0) is 16.8. The molecule has 0 aliphatic heterocycles. The summed E-state index contributed by atoms with van der Waals surface area (Å²) in [5.74, 6) is 0.296. The minimum atomic E-state index is -0.639. The lowest BCUT2D eigenvalue weighted by atomic mass is 10.2. The van der Waals surface area contributed by atoms with Crippen molar-refractivity contribution in [3.63, 3.8) is 0 Å². The summed E-state index contributed by atoms with van der Waals surface area (Å²) >= 11 is 3.31. The van der Waals surface area contributed by atoms with Gasteiger partial charge in [-0.05, 0) is 42.0 Å². The molecule has 0 unspecified atom stereocenters. The summed E-state index contributed by atoms with van der Waals surface area (Å²) in [5.41, 5.74) is 1.17. The SMILES string of the molecule is CC(=Cc1cccc(OC(=O)Nc2ccc(Br)cc2)c1)[N+](=O)[O-]. The van der Waals surface area contributed by atoms with Gasteiger partial charge >= 0.3 is 6.09 Å². The number of nitro groups is 1. The Hall–Kier alpha value is -2.67. The van der Waals surface area contributed by atoms with Crippen LogP contribution in [0.3, 0.4) is 0 Å². The number of rotatable bonds is 4. The van der Waals surface area contributed by atoms with Gasteiger partial charge in [0.15, 0.2) is 0 Å². The van der Waals surface area contributed by atoms with Gasteiger partial charge in [-0.3, -0.25) is 15.4 Å². The summed E-state index contributed by atoms with van der Waals surface area (Å²) in [6.45, 7) is 1.40. The van der Waals surface area contributed by atoms with Gasteiger partial charge < -0.3 is 4.74 Å². The second-order valence-corrected chi connectivity index (χ2v) is 5.55. The number of hydrogen-bond acceptors (Lipinski definition) is 4. The van der Waals surface area contributed by atoms with Gasteiger partial charge in [0, 0.05) is 23.2 Å². The molecule has 1 N–H and O–H groups in total. The van der Waals surface area contributed by atoms with Gasteiger partial charge in [0.1, 0.15) is 5.75 Å². The summed E-state index contributed by atoms with van der Waals surface area (Å²) in [6, 6.07) is 13.5. The van der Waals surface area contributed by atoms with Crippen molar-refractivity contribution in [3.05, 3.63) is 74.4 Å². The van der Waals surface area contributed by atoms with Crippen LogP contribution in [0.1, 0.15) is 12.5 Å². The van der Waals surface area contributed by atoms with E-state index in [9.17, 15) is 14.9 Å². The van der Waals surface area contributed by atoms with Crippen molar-refractivity contribution >= 4 is 33.8 Å². The Labute approximate surface area is 141 Å². The highest BCUT2D eigenvalue weighted by Gasteiger charge is 2.07. The molecule has 6 nitrogen and oxygen atoms in total. The van der Waals surface area contributed by atoms with Gasteiger partial charge in [-0.2, -0.15) is 0 Å². The number of anilines is 1. The summed E-state index contributed by atoms with van der Waals surface area (Å²) in [4.78, 5) is 22.0. The van der Waals surface area contributed by atoms with Crippen molar-refractivity contribution < 1.29 is 14.5 Å². The van der Waals surface area contributed by atoms with Gasteiger partial charge in [-0.25, -0.2) is 4.79 Å². The first kappa shape index (κ1) is 16.7. The average molecular weight is 377 g/mol. The monoisotopic (exact) mass is 376 g/mol. The molecule has 0 radical (unpaired) electrons. The lowest BCUT2D eigenvalue weighted by Crippen LogP contribution is -2.16. The topological polar surface area (TPSA) is 81.5 Å². The van der Waals surface area contributed by atoms with Crippen LogP contribution in [0.4, 0.5) is 10.5 Å². The van der Waals surface area contributed by atoms with Gasteiger partial charge in [0.2, 0.25) is 5.70 Å². The van der Waals surface area contributed by atoms with Crippen LogP contribution >= 0.6 is 15.9 Å². The van der Waals surface area contributed by atoms with Crippen LogP contribution < -0.4 is 10.1 Å². The summed E-state index contributed by atoms with van der Waals surface area (Å²) < 4.78 is 6.07. The smallest absolute Gasteiger partial charge is 0.410 e. The number of allylic oxidation sites excluding steroid dienone is 1. The predicted molar refractivity (Wildman–Crippen MR) is 90.9 cm³/mol. The maximum Gasteiger partial charge on any atom is 0.417 e. The largest absolute Gasteiger partial charge is 0.417 e. The van der Waals surface area contributed by atoms with Gasteiger partial charge in [-0.1, -0.05) is 28.1 Å². The minimum Gasteiger partial charge on any atom is -0.410 e. The van der Waals surface area contributed by atoms with E-state index in [1.54, 1.807) is 48.5 Å². The maximum atomic E-state index is 11.8. The molecule has 0 spiro atoms. The number of carbonyl (C=O) groups excluding carboxylic acids is 1. The summed E-state index contributed by atoms with van der Waals surface area (Å²) in [7, 11) is 0. The average Bonchev–Trinajstić information content (AvgIpc) is 2.49. The van der Waals surface area contributed by atoms with E-state index in [1.807, 2.05) is 0 Å². The quantitative estimate of drug-likeness (QED) is 0.619. The number of nitrogens with one attached hydrogen (secondary N) is 1. The Morgan fingerprint density at radius 1 is 1.26 bits per heavy atom. The fraction of sp³-hybridized carbons (Fsp3) is 0.0625. The third kappa shape index (κ3) is 5.23. The zero-order valence-electron chi connectivity index (χ0n) is 12.2. The van der Waals surface area contributed by atoms with Crippen LogP contribution in [-0.4, -0.2) is 11.0 Å². The van der Waals surface area contributed by atoms with E-state index >= 15 is 0 Å². The molecule has 0 atom stereocenters. The fourth-order valence-corrected chi connectivity index (χ4v) is 2.01. The van der Waals surface area contributed by atoms with Crippen molar-refractivity contribution in [2.75, 3.05) is 5.32 Å². The minimum absolute atomic E-state index is 0.00136. The molecule has 1 amide bonds. The molecular formula is C16H13BrN2O4. The molecule has 0 saturated heterocycles. The number of amides is 1. The number of hydrogen-bond donors (Lipinski definition) is 1. The number of ether oxygens (including phenoxy) is 1. The van der Waals surface area contributed by atoms with Crippen LogP contribution in [-0.2, 0) is 0 Å². The van der Waals surface area contributed by atoms with E-state index in [0.717, 1.165) is 4.47 Å². The lowest BCUT2D eigenvalue weighted by molar-refractivity contribution is -0.422. The first-order chi connectivity index (χ1) is 10.9. The second-order valence-electron chi connectivity index (χ2n) is 4.64. The second kappa shape index (κ2) is 7.55. The van der Waals surface area contributed by atoms with Crippen molar-refractivity contribution in [2.45, 2.75) is 6.92 Å². The highest BCUT2D eigenvalue weighted by atomic mass is 79.9. The molecule has 2 aromatic rings. The Morgan fingerprint density at radius 3 is 2.61 bits per heavy atom. The van der Waals surface area contributed by atoms with Crippen molar-refractivity contribution in [3.8, 4) is 5.75 Å². The number of nitrogens with zero attached hydrogens (tertiary/aromatic N) is 1. The molecule has 0 aliphatic carbocycles. The Kier molecular flexibility index (Phi) is 5.48. The highest BCUT2D eigenvalue weighted by molar-refractivity contribution is 9.10. The molecule has 0 saturated carbocycles. The fourth-order valence-electron chi connectivity index (χ4n) is 1.75. The molecule has 0 aromatic heterocycles. The summed E-state index contributed by atoms with van der Waals surface area (Å²) in [6.07, 6.45) is 0.763. The molecule has 118 valence electrons. The van der Waals surface area contributed by atoms with E-state index in [2.05, 4.69) is 21.2 Å². The predicted octanol–water partition coefficient (Wildman–Crippen LogP) is 4.70. The Bertz CT molecular complexity index is 757. The molecule has 23 heavy (non-hydrogen) atoms. The highest BCUT2D eigenvalue weighted by Crippen LogP contribution is 2.18. The molecule has 0 bridgehead atoms. The number of carbonyl (C=O) groups is 1. The van der Waals surface area contributed by atoms with Crippen LogP contribution in [0.15, 0.2) is 58.7 Å². The van der Waals surface area contributed by atoms with E-state index in [4.69, 9.17) is 4.74 Å². The Morgan fingerprint density at radius 2 is 1.96 bits per heavy atom. The molecular weight excluding hydrogens is 364 g/mol.